The Bertz CT molecular complexity index is 687. The highest BCUT2D eigenvalue weighted by molar-refractivity contribution is 5.98. The maximum absolute atomic E-state index is 13.2. The molecule has 5 heteroatoms. The molecule has 1 atom stereocenters. The Kier molecular flexibility index (Phi) is 3.56. The van der Waals surface area contributed by atoms with Crippen molar-refractivity contribution in [2.45, 2.75) is 25.3 Å². The Morgan fingerprint density at radius 2 is 2.10 bits per heavy atom. The molecule has 0 radical (unpaired) electrons. The van der Waals surface area contributed by atoms with E-state index in [9.17, 15) is 9.18 Å². The van der Waals surface area contributed by atoms with E-state index in [-0.39, 0.29) is 23.3 Å². The molecule has 1 aliphatic carbocycles. The summed E-state index contributed by atoms with van der Waals surface area (Å²) in [5.41, 5.74) is 8.30. The zero-order valence-electron chi connectivity index (χ0n) is 11.5. The third-order valence-corrected chi connectivity index (χ3v) is 3.81. The van der Waals surface area contributed by atoms with E-state index in [0.29, 0.717) is 0 Å². The largest absolute Gasteiger partial charge is 0.383 e. The van der Waals surface area contributed by atoms with E-state index in [4.69, 9.17) is 5.73 Å². The number of hydrogen-bond acceptors (Lipinski definition) is 3. The van der Waals surface area contributed by atoms with E-state index in [2.05, 4.69) is 22.4 Å². The number of rotatable bonds is 2. The molecule has 0 spiro atoms. The van der Waals surface area contributed by atoms with Gasteiger partial charge in [0.25, 0.3) is 5.91 Å². The first-order chi connectivity index (χ1) is 10.1. The van der Waals surface area contributed by atoms with Gasteiger partial charge in [0.05, 0.1) is 11.8 Å². The highest BCUT2D eigenvalue weighted by Gasteiger charge is 2.21. The summed E-state index contributed by atoms with van der Waals surface area (Å²) >= 11 is 0. The summed E-state index contributed by atoms with van der Waals surface area (Å²) in [7, 11) is 0. The molecule has 1 aliphatic rings. The number of nitrogen functional groups attached to an aromatic ring is 1. The number of hydrogen-bond donors (Lipinski definition) is 2. The van der Waals surface area contributed by atoms with Crippen LogP contribution in [0.25, 0.3) is 0 Å². The Labute approximate surface area is 122 Å². The Hall–Kier alpha value is -2.43. The summed E-state index contributed by atoms with van der Waals surface area (Å²) in [6, 6.07) is 9.37. The molecule has 0 saturated carbocycles. The second-order valence-corrected chi connectivity index (χ2v) is 5.27. The molecule has 21 heavy (non-hydrogen) atoms. The monoisotopic (exact) mass is 285 g/mol. The zero-order valence-corrected chi connectivity index (χ0v) is 11.5. The van der Waals surface area contributed by atoms with Crippen molar-refractivity contribution in [2.24, 2.45) is 0 Å². The number of anilines is 1. The first-order valence-corrected chi connectivity index (χ1v) is 6.92. The summed E-state index contributed by atoms with van der Waals surface area (Å²) in [5, 5.41) is 2.92. The van der Waals surface area contributed by atoms with Crippen molar-refractivity contribution in [3.05, 3.63) is 59.0 Å². The van der Waals surface area contributed by atoms with Crippen LogP contribution < -0.4 is 11.1 Å². The van der Waals surface area contributed by atoms with Crippen LogP contribution in [0.3, 0.4) is 0 Å². The number of benzene rings is 1. The fourth-order valence-electron chi connectivity index (χ4n) is 2.72. The molecule has 1 aromatic heterocycles. The zero-order chi connectivity index (χ0) is 14.8. The molecule has 1 unspecified atom stereocenters. The molecule has 4 nitrogen and oxygen atoms in total. The molecule has 0 saturated heterocycles. The number of amides is 1. The van der Waals surface area contributed by atoms with Gasteiger partial charge in [-0.15, -0.1) is 0 Å². The van der Waals surface area contributed by atoms with Gasteiger partial charge in [-0.1, -0.05) is 24.3 Å². The Balaban J connectivity index is 1.73. The SMILES string of the molecule is Nc1ncc(F)cc1C(=O)NC1CCc2ccccc2C1. The maximum Gasteiger partial charge on any atom is 0.255 e. The molecular weight excluding hydrogens is 269 g/mol. The normalized spacial score (nSPS) is 17.1. The van der Waals surface area contributed by atoms with Gasteiger partial charge in [0, 0.05) is 6.04 Å². The lowest BCUT2D eigenvalue weighted by molar-refractivity contribution is 0.0934. The number of aryl methyl sites for hydroxylation is 1. The van der Waals surface area contributed by atoms with Gasteiger partial charge in [-0.2, -0.15) is 0 Å². The predicted octanol–water partition coefficient (Wildman–Crippen LogP) is 2.09. The standard InChI is InChI=1S/C16H16FN3O/c17-12-8-14(15(18)19-9-12)16(21)20-13-6-5-10-3-1-2-4-11(10)7-13/h1-4,8-9,13H,5-7H2,(H2,18,19)(H,20,21). The highest BCUT2D eigenvalue weighted by Crippen LogP contribution is 2.21. The first-order valence-electron chi connectivity index (χ1n) is 6.92. The first kappa shape index (κ1) is 13.5. The lowest BCUT2D eigenvalue weighted by Gasteiger charge is -2.25. The van der Waals surface area contributed by atoms with Crippen molar-refractivity contribution in [3.8, 4) is 0 Å². The fourth-order valence-corrected chi connectivity index (χ4v) is 2.72. The van der Waals surface area contributed by atoms with Crippen LogP contribution in [0.2, 0.25) is 0 Å². The van der Waals surface area contributed by atoms with E-state index < -0.39 is 5.82 Å². The van der Waals surface area contributed by atoms with E-state index >= 15 is 0 Å². The minimum Gasteiger partial charge on any atom is -0.383 e. The third kappa shape index (κ3) is 2.86. The van der Waals surface area contributed by atoms with E-state index in [1.54, 1.807) is 0 Å². The van der Waals surface area contributed by atoms with Crippen LogP contribution in [0, 0.1) is 5.82 Å². The van der Waals surface area contributed by atoms with Crippen LogP contribution in [-0.2, 0) is 12.8 Å². The van der Waals surface area contributed by atoms with E-state index in [1.165, 1.54) is 11.1 Å². The van der Waals surface area contributed by atoms with Gasteiger partial charge >= 0.3 is 0 Å². The van der Waals surface area contributed by atoms with E-state index in [1.807, 2.05) is 12.1 Å². The summed E-state index contributed by atoms with van der Waals surface area (Å²) in [4.78, 5) is 15.9. The van der Waals surface area contributed by atoms with Gasteiger partial charge in [-0.05, 0) is 36.5 Å². The van der Waals surface area contributed by atoms with Crippen molar-refractivity contribution < 1.29 is 9.18 Å². The quantitative estimate of drug-likeness (QED) is 0.887. The lowest BCUT2D eigenvalue weighted by atomic mass is 9.88. The molecule has 2 aromatic rings. The van der Waals surface area contributed by atoms with Gasteiger partial charge in [-0.25, -0.2) is 9.37 Å². The molecule has 0 bridgehead atoms. The summed E-state index contributed by atoms with van der Waals surface area (Å²) < 4.78 is 13.2. The van der Waals surface area contributed by atoms with Gasteiger partial charge in [0.15, 0.2) is 0 Å². The lowest BCUT2D eigenvalue weighted by Crippen LogP contribution is -2.39. The van der Waals surface area contributed by atoms with Crippen LogP contribution >= 0.6 is 0 Å². The molecule has 3 N–H and O–H groups in total. The van der Waals surface area contributed by atoms with Gasteiger partial charge in [0.1, 0.15) is 11.6 Å². The summed E-state index contributed by atoms with van der Waals surface area (Å²) in [6.07, 6.45) is 3.58. The van der Waals surface area contributed by atoms with Crippen LogP contribution in [0.4, 0.5) is 10.2 Å². The molecular formula is C16H16FN3O. The maximum atomic E-state index is 13.2. The van der Waals surface area contributed by atoms with Crippen molar-refractivity contribution in [3.63, 3.8) is 0 Å². The molecule has 108 valence electrons. The third-order valence-electron chi connectivity index (χ3n) is 3.81. The smallest absolute Gasteiger partial charge is 0.255 e. The molecule has 0 aliphatic heterocycles. The highest BCUT2D eigenvalue weighted by atomic mass is 19.1. The molecule has 3 rings (SSSR count). The van der Waals surface area contributed by atoms with E-state index in [0.717, 1.165) is 31.5 Å². The summed E-state index contributed by atoms with van der Waals surface area (Å²) in [5.74, 6) is -0.891. The van der Waals surface area contributed by atoms with Gasteiger partial charge in [-0.3, -0.25) is 4.79 Å². The van der Waals surface area contributed by atoms with Crippen molar-refractivity contribution in [1.82, 2.24) is 10.3 Å². The number of halogens is 1. The molecule has 0 fully saturated rings. The van der Waals surface area contributed by atoms with Gasteiger partial charge in [0.2, 0.25) is 0 Å². The van der Waals surface area contributed by atoms with Crippen LogP contribution in [-0.4, -0.2) is 16.9 Å². The number of carbonyl (C=O) groups excluding carboxylic acids is 1. The van der Waals surface area contributed by atoms with Crippen molar-refractivity contribution in [1.29, 1.82) is 0 Å². The van der Waals surface area contributed by atoms with Crippen LogP contribution in [0.15, 0.2) is 36.5 Å². The molecule has 1 amide bonds. The summed E-state index contributed by atoms with van der Waals surface area (Å²) in [6.45, 7) is 0. The predicted molar refractivity (Wildman–Crippen MR) is 78.3 cm³/mol. The van der Waals surface area contributed by atoms with Crippen molar-refractivity contribution in [2.75, 3.05) is 5.73 Å². The fraction of sp³-hybridized carbons (Fsp3) is 0.250. The number of fused-ring (bicyclic) bond motifs is 1. The molecule has 1 aromatic carbocycles. The number of nitrogens with one attached hydrogen (secondary N) is 1. The number of pyridine rings is 1. The topological polar surface area (TPSA) is 68.0 Å². The minimum atomic E-state index is -0.566. The average molecular weight is 285 g/mol. The average Bonchev–Trinajstić information content (AvgIpc) is 2.49. The van der Waals surface area contributed by atoms with Crippen molar-refractivity contribution >= 4 is 11.7 Å². The number of carbonyl (C=O) groups is 1. The van der Waals surface area contributed by atoms with Gasteiger partial charge < -0.3 is 11.1 Å². The Morgan fingerprint density at radius 1 is 1.33 bits per heavy atom. The number of nitrogens with zero attached hydrogens (tertiary/aromatic N) is 1. The minimum absolute atomic E-state index is 0.0371. The number of aromatic nitrogens is 1. The van der Waals surface area contributed by atoms with Crippen LogP contribution in [0.1, 0.15) is 27.9 Å². The number of nitrogens with two attached hydrogens (primary N) is 1. The Morgan fingerprint density at radius 3 is 2.90 bits per heavy atom. The second-order valence-electron chi connectivity index (χ2n) is 5.27. The second kappa shape index (κ2) is 5.52. The van der Waals surface area contributed by atoms with Crippen LogP contribution in [0.5, 0.6) is 0 Å². The molecule has 1 heterocycles.